The third kappa shape index (κ3) is 3.44. The normalized spacial score (nSPS) is 18.3. The van der Waals surface area contributed by atoms with Crippen molar-refractivity contribution in [3.63, 3.8) is 0 Å². The molecule has 1 atom stereocenters. The smallest absolute Gasteiger partial charge is 0.256 e. The van der Waals surface area contributed by atoms with Crippen LogP contribution in [0, 0.1) is 0 Å². The Morgan fingerprint density at radius 3 is 2.48 bits per heavy atom. The van der Waals surface area contributed by atoms with Crippen molar-refractivity contribution in [3.8, 4) is 0 Å². The Kier molecular flexibility index (Phi) is 4.75. The summed E-state index contributed by atoms with van der Waals surface area (Å²) in [7, 11) is 1.81. The van der Waals surface area contributed by atoms with E-state index in [-0.39, 0.29) is 37.1 Å². The first-order valence-corrected chi connectivity index (χ1v) is 9.33. The number of hydrogen-bond donors (Lipinski definition) is 3. The molecule has 3 N–H and O–H groups in total. The number of imide groups is 1. The van der Waals surface area contributed by atoms with E-state index in [1.807, 2.05) is 19.2 Å². The van der Waals surface area contributed by atoms with Crippen molar-refractivity contribution in [1.82, 2.24) is 10.2 Å². The highest BCUT2D eigenvalue weighted by atomic mass is 16.2. The van der Waals surface area contributed by atoms with Crippen LogP contribution < -0.4 is 16.0 Å². The van der Waals surface area contributed by atoms with Crippen molar-refractivity contribution in [3.05, 3.63) is 59.2 Å². The second kappa shape index (κ2) is 7.38. The van der Waals surface area contributed by atoms with Crippen LogP contribution in [0.4, 0.5) is 11.4 Å². The Labute approximate surface area is 167 Å². The molecule has 8 nitrogen and oxygen atoms in total. The molecule has 0 aromatic heterocycles. The third-order valence-corrected chi connectivity index (χ3v) is 5.26. The standard InChI is InChI=1S/C21H20N4O4/c1-22-12-5-7-13(8-6-12)23-19(27)14-3-2-4-15-16(14)11-25(21(15)29)17-9-10-18(26)24-20(17)28/h2-8,17,22H,9-11H2,1H3,(H,23,27)(H,24,26,28). The molecule has 0 bridgehead atoms. The summed E-state index contributed by atoms with van der Waals surface area (Å²) in [5, 5.41) is 8.13. The van der Waals surface area contributed by atoms with E-state index in [2.05, 4.69) is 16.0 Å². The SMILES string of the molecule is CNc1ccc(NC(=O)c2cccc3c2CN(C2CCC(=O)NC2=O)C3=O)cc1. The number of nitrogens with one attached hydrogen (secondary N) is 3. The van der Waals surface area contributed by atoms with Gasteiger partial charge < -0.3 is 15.5 Å². The number of anilines is 2. The van der Waals surface area contributed by atoms with E-state index in [1.54, 1.807) is 30.3 Å². The molecule has 0 radical (unpaired) electrons. The van der Waals surface area contributed by atoms with Gasteiger partial charge in [-0.05, 0) is 48.4 Å². The van der Waals surface area contributed by atoms with Crippen LogP contribution in [0.1, 0.15) is 39.1 Å². The topological polar surface area (TPSA) is 108 Å². The molecule has 1 saturated heterocycles. The maximum atomic E-state index is 12.8. The summed E-state index contributed by atoms with van der Waals surface area (Å²) in [6, 6.07) is 11.5. The number of hydrogen-bond acceptors (Lipinski definition) is 5. The highest BCUT2D eigenvalue weighted by molar-refractivity contribution is 6.10. The molecule has 0 spiro atoms. The van der Waals surface area contributed by atoms with Crippen molar-refractivity contribution < 1.29 is 19.2 Å². The number of benzene rings is 2. The van der Waals surface area contributed by atoms with Crippen molar-refractivity contribution in [2.24, 2.45) is 0 Å². The van der Waals surface area contributed by atoms with E-state index >= 15 is 0 Å². The zero-order valence-corrected chi connectivity index (χ0v) is 15.8. The highest BCUT2D eigenvalue weighted by Gasteiger charge is 2.40. The van der Waals surface area contributed by atoms with E-state index in [9.17, 15) is 19.2 Å². The first-order valence-electron chi connectivity index (χ1n) is 9.33. The van der Waals surface area contributed by atoms with Gasteiger partial charge >= 0.3 is 0 Å². The lowest BCUT2D eigenvalue weighted by molar-refractivity contribution is -0.136. The summed E-state index contributed by atoms with van der Waals surface area (Å²) in [5.41, 5.74) is 2.95. The molecule has 4 amide bonds. The molecule has 2 aromatic rings. The van der Waals surface area contributed by atoms with E-state index < -0.39 is 11.9 Å². The summed E-state index contributed by atoms with van der Waals surface area (Å²) >= 11 is 0. The molecular weight excluding hydrogens is 372 g/mol. The molecule has 0 saturated carbocycles. The van der Waals surface area contributed by atoms with Gasteiger partial charge in [-0.25, -0.2) is 0 Å². The molecule has 1 fully saturated rings. The zero-order chi connectivity index (χ0) is 20.5. The molecule has 2 aliphatic heterocycles. The Hall–Kier alpha value is -3.68. The predicted molar refractivity (Wildman–Crippen MR) is 106 cm³/mol. The lowest BCUT2D eigenvalue weighted by Gasteiger charge is -2.29. The van der Waals surface area contributed by atoms with Gasteiger partial charge in [-0.3, -0.25) is 24.5 Å². The maximum absolute atomic E-state index is 12.8. The third-order valence-electron chi connectivity index (χ3n) is 5.26. The molecular formula is C21H20N4O4. The van der Waals surface area contributed by atoms with Crippen molar-refractivity contribution in [2.75, 3.05) is 17.7 Å². The molecule has 1 unspecified atom stereocenters. The fraction of sp³-hybridized carbons (Fsp3) is 0.238. The Morgan fingerprint density at radius 2 is 1.79 bits per heavy atom. The van der Waals surface area contributed by atoms with Crippen LogP contribution in [0.15, 0.2) is 42.5 Å². The van der Waals surface area contributed by atoms with Gasteiger partial charge in [0.1, 0.15) is 6.04 Å². The van der Waals surface area contributed by atoms with Crippen LogP contribution in [0.2, 0.25) is 0 Å². The monoisotopic (exact) mass is 392 g/mol. The van der Waals surface area contributed by atoms with Gasteiger partial charge in [0.15, 0.2) is 0 Å². The summed E-state index contributed by atoms with van der Waals surface area (Å²) in [5.74, 6) is -1.43. The highest BCUT2D eigenvalue weighted by Crippen LogP contribution is 2.30. The fourth-order valence-electron chi connectivity index (χ4n) is 3.72. The molecule has 8 heteroatoms. The summed E-state index contributed by atoms with van der Waals surface area (Å²) in [6.07, 6.45) is 0.468. The van der Waals surface area contributed by atoms with Crippen molar-refractivity contribution >= 4 is 35.0 Å². The quantitative estimate of drug-likeness (QED) is 0.687. The Morgan fingerprint density at radius 1 is 1.07 bits per heavy atom. The largest absolute Gasteiger partial charge is 0.388 e. The van der Waals surface area contributed by atoms with Gasteiger partial charge in [-0.2, -0.15) is 0 Å². The average molecular weight is 392 g/mol. The number of fused-ring (bicyclic) bond motifs is 1. The van der Waals surface area contributed by atoms with Crippen LogP contribution in [0.5, 0.6) is 0 Å². The molecule has 0 aliphatic carbocycles. The van der Waals surface area contributed by atoms with Gasteiger partial charge in [0.05, 0.1) is 0 Å². The van der Waals surface area contributed by atoms with Crippen molar-refractivity contribution in [1.29, 1.82) is 0 Å². The summed E-state index contributed by atoms with van der Waals surface area (Å²) in [6.45, 7) is 0.155. The van der Waals surface area contributed by atoms with Crippen LogP contribution in [0.25, 0.3) is 0 Å². The van der Waals surface area contributed by atoms with Gasteiger partial charge in [-0.1, -0.05) is 6.07 Å². The number of amides is 4. The summed E-state index contributed by atoms with van der Waals surface area (Å²) < 4.78 is 0. The van der Waals surface area contributed by atoms with Gasteiger partial charge in [0.25, 0.3) is 11.8 Å². The first kappa shape index (κ1) is 18.7. The predicted octanol–water partition coefficient (Wildman–Crippen LogP) is 1.74. The Balaban J connectivity index is 1.57. The average Bonchev–Trinajstić information content (AvgIpc) is 3.05. The molecule has 29 heavy (non-hydrogen) atoms. The molecule has 2 aromatic carbocycles. The Bertz CT molecular complexity index is 1020. The van der Waals surface area contributed by atoms with Crippen molar-refractivity contribution in [2.45, 2.75) is 25.4 Å². The fourth-order valence-corrected chi connectivity index (χ4v) is 3.72. The van der Waals surface area contributed by atoms with Crippen LogP contribution in [-0.4, -0.2) is 41.6 Å². The molecule has 2 heterocycles. The number of rotatable bonds is 4. The second-order valence-electron chi connectivity index (χ2n) is 7.01. The van der Waals surface area contributed by atoms with E-state index in [4.69, 9.17) is 0 Å². The molecule has 4 rings (SSSR count). The number of piperidine rings is 1. The van der Waals surface area contributed by atoms with E-state index in [0.717, 1.165) is 5.69 Å². The minimum Gasteiger partial charge on any atom is -0.388 e. The maximum Gasteiger partial charge on any atom is 0.256 e. The molecule has 148 valence electrons. The number of carbonyl (C=O) groups is 4. The van der Waals surface area contributed by atoms with Gasteiger partial charge in [0, 0.05) is 42.5 Å². The summed E-state index contributed by atoms with van der Waals surface area (Å²) in [4.78, 5) is 50.7. The second-order valence-corrected chi connectivity index (χ2v) is 7.01. The lowest BCUT2D eigenvalue weighted by Crippen LogP contribution is -2.52. The van der Waals surface area contributed by atoms with Gasteiger partial charge in [-0.15, -0.1) is 0 Å². The first-order chi connectivity index (χ1) is 14.0. The minimum absolute atomic E-state index is 0.155. The molecule has 2 aliphatic rings. The van der Waals surface area contributed by atoms with E-state index in [0.29, 0.717) is 22.4 Å². The zero-order valence-electron chi connectivity index (χ0n) is 15.8. The van der Waals surface area contributed by atoms with E-state index in [1.165, 1.54) is 4.90 Å². The minimum atomic E-state index is -0.711. The van der Waals surface area contributed by atoms with Gasteiger partial charge in [0.2, 0.25) is 11.8 Å². The van der Waals surface area contributed by atoms with Crippen LogP contribution >= 0.6 is 0 Å². The number of carbonyl (C=O) groups excluding carboxylic acids is 4. The number of nitrogens with zero attached hydrogens (tertiary/aromatic N) is 1. The lowest BCUT2D eigenvalue weighted by atomic mass is 10.0. The van der Waals surface area contributed by atoms with Crippen LogP contribution in [-0.2, 0) is 16.1 Å². The van der Waals surface area contributed by atoms with Crippen LogP contribution in [0.3, 0.4) is 0 Å².